The SMILES string of the molecule is C=CCSCCNC(=NC)NCC1(CCOC)CCC1. The first kappa shape index (κ1) is 17.4. The maximum atomic E-state index is 5.22. The fourth-order valence-corrected chi connectivity index (χ4v) is 2.99. The molecule has 0 aromatic heterocycles. The molecule has 0 aromatic carbocycles. The highest BCUT2D eigenvalue weighted by Crippen LogP contribution is 2.43. The highest BCUT2D eigenvalue weighted by molar-refractivity contribution is 7.99. The Morgan fingerprint density at radius 3 is 2.80 bits per heavy atom. The van der Waals surface area contributed by atoms with E-state index in [4.69, 9.17) is 4.74 Å². The van der Waals surface area contributed by atoms with E-state index in [2.05, 4.69) is 22.2 Å². The Morgan fingerprint density at radius 2 is 2.25 bits per heavy atom. The average Bonchev–Trinajstić information content (AvgIpc) is 2.43. The van der Waals surface area contributed by atoms with Crippen LogP contribution in [-0.4, -0.2) is 51.3 Å². The zero-order valence-electron chi connectivity index (χ0n) is 12.9. The summed E-state index contributed by atoms with van der Waals surface area (Å²) in [5.41, 5.74) is 0.422. The molecule has 1 aliphatic rings. The van der Waals surface area contributed by atoms with Crippen molar-refractivity contribution in [3.05, 3.63) is 12.7 Å². The standard InChI is InChI=1S/C15H29N3OS/c1-4-11-20-12-9-17-14(16-2)18-13-15(6-5-7-15)8-10-19-3/h4H,1,5-13H2,2-3H3,(H2,16,17,18). The molecule has 0 aromatic rings. The van der Waals surface area contributed by atoms with Gasteiger partial charge in [0.25, 0.3) is 0 Å². The Morgan fingerprint density at radius 1 is 1.45 bits per heavy atom. The van der Waals surface area contributed by atoms with Crippen molar-refractivity contribution < 1.29 is 4.74 Å². The van der Waals surface area contributed by atoms with Gasteiger partial charge in [0.05, 0.1) is 0 Å². The van der Waals surface area contributed by atoms with Crippen LogP contribution in [0, 0.1) is 5.41 Å². The highest BCUT2D eigenvalue weighted by Gasteiger charge is 2.36. The van der Waals surface area contributed by atoms with Crippen LogP contribution < -0.4 is 10.6 Å². The molecule has 4 nitrogen and oxygen atoms in total. The van der Waals surface area contributed by atoms with Gasteiger partial charge in [0.1, 0.15) is 0 Å². The number of nitrogens with zero attached hydrogens (tertiary/aromatic N) is 1. The predicted octanol–water partition coefficient (Wildman–Crippen LogP) is 2.28. The summed E-state index contributed by atoms with van der Waals surface area (Å²) in [6.07, 6.45) is 7.03. The van der Waals surface area contributed by atoms with Crippen LogP contribution in [0.1, 0.15) is 25.7 Å². The molecule has 0 unspecified atom stereocenters. The minimum Gasteiger partial charge on any atom is -0.385 e. The number of aliphatic imine (C=N–C) groups is 1. The molecule has 0 heterocycles. The quantitative estimate of drug-likeness (QED) is 0.281. The zero-order valence-corrected chi connectivity index (χ0v) is 13.7. The second kappa shape index (κ2) is 10.1. The third-order valence-corrected chi connectivity index (χ3v) is 4.84. The summed E-state index contributed by atoms with van der Waals surface area (Å²) in [6, 6.07) is 0. The lowest BCUT2D eigenvalue weighted by molar-refractivity contribution is 0.0733. The van der Waals surface area contributed by atoms with E-state index in [1.54, 1.807) is 7.11 Å². The lowest BCUT2D eigenvalue weighted by atomic mass is 9.67. The van der Waals surface area contributed by atoms with E-state index in [0.717, 1.165) is 43.6 Å². The van der Waals surface area contributed by atoms with E-state index in [-0.39, 0.29) is 0 Å². The number of ether oxygens (including phenoxy) is 1. The highest BCUT2D eigenvalue weighted by atomic mass is 32.2. The lowest BCUT2D eigenvalue weighted by Gasteiger charge is -2.42. The van der Waals surface area contributed by atoms with Gasteiger partial charge in [0.15, 0.2) is 5.96 Å². The number of thioether (sulfide) groups is 1. The molecule has 0 aliphatic heterocycles. The topological polar surface area (TPSA) is 45.7 Å². The molecule has 0 bridgehead atoms. The number of hydrogen-bond donors (Lipinski definition) is 2. The summed E-state index contributed by atoms with van der Waals surface area (Å²) in [5, 5.41) is 6.82. The molecule has 116 valence electrons. The van der Waals surface area contributed by atoms with Crippen molar-refractivity contribution >= 4 is 17.7 Å². The third-order valence-electron chi connectivity index (χ3n) is 3.88. The van der Waals surface area contributed by atoms with Gasteiger partial charge < -0.3 is 15.4 Å². The maximum Gasteiger partial charge on any atom is 0.191 e. The summed E-state index contributed by atoms with van der Waals surface area (Å²) >= 11 is 1.88. The summed E-state index contributed by atoms with van der Waals surface area (Å²) < 4.78 is 5.22. The van der Waals surface area contributed by atoms with E-state index >= 15 is 0 Å². The van der Waals surface area contributed by atoms with Gasteiger partial charge in [0, 0.05) is 45.4 Å². The Kier molecular flexibility index (Phi) is 8.78. The van der Waals surface area contributed by atoms with Crippen molar-refractivity contribution in [3.8, 4) is 0 Å². The van der Waals surface area contributed by atoms with Crippen LogP contribution in [0.15, 0.2) is 17.6 Å². The van der Waals surface area contributed by atoms with Crippen molar-refractivity contribution in [3.63, 3.8) is 0 Å². The van der Waals surface area contributed by atoms with Gasteiger partial charge >= 0.3 is 0 Å². The molecular formula is C15H29N3OS. The molecule has 1 rings (SSSR count). The molecule has 0 atom stereocenters. The molecule has 0 spiro atoms. The van der Waals surface area contributed by atoms with E-state index < -0.39 is 0 Å². The molecule has 20 heavy (non-hydrogen) atoms. The van der Waals surface area contributed by atoms with E-state index in [1.165, 1.54) is 19.3 Å². The fraction of sp³-hybridized carbons (Fsp3) is 0.800. The van der Waals surface area contributed by atoms with Gasteiger partial charge in [-0.15, -0.1) is 6.58 Å². The molecular weight excluding hydrogens is 270 g/mol. The molecule has 1 saturated carbocycles. The van der Waals surface area contributed by atoms with Gasteiger partial charge in [-0.3, -0.25) is 4.99 Å². The number of nitrogens with one attached hydrogen (secondary N) is 2. The van der Waals surface area contributed by atoms with Crippen LogP contribution in [0.4, 0.5) is 0 Å². The van der Waals surface area contributed by atoms with E-state index in [0.29, 0.717) is 5.41 Å². The Hall–Kier alpha value is -0.680. The van der Waals surface area contributed by atoms with Crippen LogP contribution in [0.3, 0.4) is 0 Å². The second-order valence-electron chi connectivity index (χ2n) is 5.31. The second-order valence-corrected chi connectivity index (χ2v) is 6.46. The normalized spacial score (nSPS) is 17.4. The van der Waals surface area contributed by atoms with Gasteiger partial charge in [-0.05, 0) is 24.7 Å². The van der Waals surface area contributed by atoms with E-state index in [9.17, 15) is 0 Å². The number of rotatable bonds is 10. The number of methoxy groups -OCH3 is 1. The third kappa shape index (κ3) is 6.18. The first-order chi connectivity index (χ1) is 9.76. The first-order valence-corrected chi connectivity index (χ1v) is 8.54. The molecule has 5 heteroatoms. The van der Waals surface area contributed by atoms with Gasteiger partial charge in [-0.1, -0.05) is 12.5 Å². The molecule has 1 aliphatic carbocycles. The first-order valence-electron chi connectivity index (χ1n) is 7.38. The largest absolute Gasteiger partial charge is 0.385 e. The van der Waals surface area contributed by atoms with Gasteiger partial charge in [-0.25, -0.2) is 0 Å². The minimum atomic E-state index is 0.422. The Bertz CT molecular complexity index is 303. The van der Waals surface area contributed by atoms with Crippen LogP contribution in [0.2, 0.25) is 0 Å². The lowest BCUT2D eigenvalue weighted by Crippen LogP contribution is -2.47. The molecule has 0 amide bonds. The van der Waals surface area contributed by atoms with Crippen molar-refractivity contribution in [1.82, 2.24) is 10.6 Å². The predicted molar refractivity (Wildman–Crippen MR) is 89.7 cm³/mol. The maximum absolute atomic E-state index is 5.22. The summed E-state index contributed by atoms with van der Waals surface area (Å²) in [4.78, 5) is 4.28. The summed E-state index contributed by atoms with van der Waals surface area (Å²) in [5.74, 6) is 2.99. The van der Waals surface area contributed by atoms with Crippen LogP contribution in [-0.2, 0) is 4.74 Å². The van der Waals surface area contributed by atoms with Crippen molar-refractivity contribution in [2.75, 3.05) is 45.4 Å². The minimum absolute atomic E-state index is 0.422. The summed E-state index contributed by atoms with van der Waals surface area (Å²) in [6.45, 7) is 6.50. The van der Waals surface area contributed by atoms with Gasteiger partial charge in [0.2, 0.25) is 0 Å². The molecule has 0 radical (unpaired) electrons. The molecule has 1 fully saturated rings. The van der Waals surface area contributed by atoms with Crippen LogP contribution in [0.25, 0.3) is 0 Å². The van der Waals surface area contributed by atoms with Crippen molar-refractivity contribution in [2.45, 2.75) is 25.7 Å². The van der Waals surface area contributed by atoms with Crippen molar-refractivity contribution in [2.24, 2.45) is 10.4 Å². The monoisotopic (exact) mass is 299 g/mol. The number of guanidine groups is 1. The fourth-order valence-electron chi connectivity index (χ4n) is 2.41. The molecule has 0 saturated heterocycles. The average molecular weight is 299 g/mol. The smallest absolute Gasteiger partial charge is 0.191 e. The zero-order chi connectivity index (χ0) is 14.7. The van der Waals surface area contributed by atoms with Crippen molar-refractivity contribution in [1.29, 1.82) is 0 Å². The van der Waals surface area contributed by atoms with Crippen LogP contribution >= 0.6 is 11.8 Å². The van der Waals surface area contributed by atoms with E-state index in [1.807, 2.05) is 24.9 Å². The van der Waals surface area contributed by atoms with Crippen LogP contribution in [0.5, 0.6) is 0 Å². The Balaban J connectivity index is 2.21. The molecule has 2 N–H and O–H groups in total. The Labute approximate surface area is 127 Å². The number of hydrogen-bond acceptors (Lipinski definition) is 3. The van der Waals surface area contributed by atoms with Gasteiger partial charge in [-0.2, -0.15) is 11.8 Å². The summed E-state index contributed by atoms with van der Waals surface area (Å²) in [7, 11) is 3.61.